The molecule has 0 spiro atoms. The molecule has 2 aliphatic rings. The van der Waals surface area contributed by atoms with Gasteiger partial charge in [-0.05, 0) is 25.0 Å². The van der Waals surface area contributed by atoms with Crippen LogP contribution in [-0.2, 0) is 13.1 Å². The molecule has 1 fully saturated rings. The zero-order valence-corrected chi connectivity index (χ0v) is 14.8. The number of methoxy groups -OCH3 is 2. The highest BCUT2D eigenvalue weighted by Crippen LogP contribution is 2.43. The lowest BCUT2D eigenvalue weighted by Crippen LogP contribution is -2.33. The Hall–Kier alpha value is -1.63. The summed E-state index contributed by atoms with van der Waals surface area (Å²) < 4.78 is 10.9. The smallest absolute Gasteiger partial charge is 0.125 e. The van der Waals surface area contributed by atoms with E-state index < -0.39 is 6.10 Å². The van der Waals surface area contributed by atoms with Crippen LogP contribution in [0.25, 0.3) is 0 Å². The second kappa shape index (κ2) is 6.35. The van der Waals surface area contributed by atoms with Crippen LogP contribution in [0.15, 0.2) is 18.3 Å². The zero-order chi connectivity index (χ0) is 16.7. The van der Waals surface area contributed by atoms with E-state index in [-0.39, 0.29) is 0 Å². The molecule has 1 atom stereocenters. The number of nitrogens with zero attached hydrogens (tertiary/aromatic N) is 2. The van der Waals surface area contributed by atoms with Gasteiger partial charge in [0.1, 0.15) is 11.5 Å². The van der Waals surface area contributed by atoms with Gasteiger partial charge in [0.25, 0.3) is 0 Å². The Morgan fingerprint density at radius 1 is 1.25 bits per heavy atom. The molecule has 6 heteroatoms. The van der Waals surface area contributed by atoms with Crippen molar-refractivity contribution in [2.24, 2.45) is 0 Å². The third-order valence-corrected chi connectivity index (χ3v) is 5.88. The van der Waals surface area contributed by atoms with Crippen LogP contribution >= 0.6 is 11.3 Å². The highest BCUT2D eigenvalue weighted by atomic mass is 32.1. The van der Waals surface area contributed by atoms with E-state index in [1.54, 1.807) is 25.6 Å². The Bertz CT molecular complexity index is 742. The molecule has 4 rings (SSSR count). The molecule has 0 bridgehead atoms. The molecule has 0 saturated heterocycles. The number of aliphatic hydroxyl groups is 1. The number of rotatable bonds is 5. The van der Waals surface area contributed by atoms with Gasteiger partial charge >= 0.3 is 0 Å². The van der Waals surface area contributed by atoms with Crippen LogP contribution in [0.3, 0.4) is 0 Å². The predicted molar refractivity (Wildman–Crippen MR) is 92.7 cm³/mol. The van der Waals surface area contributed by atoms with Gasteiger partial charge in [0.2, 0.25) is 0 Å². The number of aliphatic hydroxyl groups excluding tert-OH is 1. The maximum atomic E-state index is 10.7. The molecule has 1 saturated carbocycles. The van der Waals surface area contributed by atoms with Crippen LogP contribution in [0.5, 0.6) is 11.5 Å². The molecule has 128 valence electrons. The fourth-order valence-corrected chi connectivity index (χ4v) is 4.53. The maximum absolute atomic E-state index is 10.7. The molecule has 5 nitrogen and oxygen atoms in total. The highest BCUT2D eigenvalue weighted by Gasteiger charge is 2.31. The molecule has 24 heavy (non-hydrogen) atoms. The second-order valence-electron chi connectivity index (χ2n) is 6.49. The molecule has 0 amide bonds. The lowest BCUT2D eigenvalue weighted by atomic mass is 9.95. The normalized spacial score (nSPS) is 20.7. The number of β-amino-alcohol motifs (C(OH)–C–C–N with tert-alkyl or cyclic N) is 1. The summed E-state index contributed by atoms with van der Waals surface area (Å²) in [4.78, 5) is 8.06. The third-order valence-electron chi connectivity index (χ3n) is 4.74. The molecule has 2 aromatic rings. The van der Waals surface area contributed by atoms with Gasteiger partial charge < -0.3 is 14.6 Å². The molecule has 0 radical (unpaired) electrons. The lowest BCUT2D eigenvalue weighted by Gasteiger charge is -2.33. The summed E-state index contributed by atoms with van der Waals surface area (Å²) >= 11 is 1.81. The molecule has 1 aromatic carbocycles. The number of fused-ring (bicyclic) bond motifs is 1. The van der Waals surface area contributed by atoms with Crippen LogP contribution < -0.4 is 9.47 Å². The van der Waals surface area contributed by atoms with Crippen LogP contribution in [0.1, 0.15) is 45.9 Å². The quantitative estimate of drug-likeness (QED) is 0.902. The first-order chi connectivity index (χ1) is 11.7. The van der Waals surface area contributed by atoms with E-state index >= 15 is 0 Å². The van der Waals surface area contributed by atoms with Gasteiger partial charge in [-0.3, -0.25) is 4.90 Å². The van der Waals surface area contributed by atoms with Gasteiger partial charge in [-0.2, -0.15) is 0 Å². The third kappa shape index (κ3) is 2.90. The Morgan fingerprint density at radius 3 is 2.71 bits per heavy atom. The SMILES string of the molecule is COc1ccc(OC)c2c1CN(Cc1cnc(C3CC3)s1)CC2O. The number of ether oxygens (including phenoxy) is 2. The van der Waals surface area contributed by atoms with Crippen LogP contribution in [-0.4, -0.2) is 35.8 Å². The summed E-state index contributed by atoms with van der Waals surface area (Å²) in [7, 11) is 3.30. The van der Waals surface area contributed by atoms with Crippen molar-refractivity contribution in [1.29, 1.82) is 0 Å². The first-order valence-electron chi connectivity index (χ1n) is 8.28. The van der Waals surface area contributed by atoms with Crippen molar-refractivity contribution in [3.63, 3.8) is 0 Å². The minimum Gasteiger partial charge on any atom is -0.496 e. The number of benzene rings is 1. The van der Waals surface area contributed by atoms with Crippen molar-refractivity contribution in [2.45, 2.75) is 38.0 Å². The Kier molecular flexibility index (Phi) is 4.20. The molecule has 1 aromatic heterocycles. The molecule has 1 unspecified atom stereocenters. The van der Waals surface area contributed by atoms with E-state index in [1.807, 2.05) is 18.3 Å². The summed E-state index contributed by atoms with van der Waals surface area (Å²) in [6.45, 7) is 2.14. The molecule has 1 N–H and O–H groups in total. The Labute approximate surface area is 145 Å². The lowest BCUT2D eigenvalue weighted by molar-refractivity contribution is 0.0848. The summed E-state index contributed by atoms with van der Waals surface area (Å²) in [5.41, 5.74) is 1.87. The topological polar surface area (TPSA) is 54.8 Å². The van der Waals surface area contributed by atoms with Gasteiger partial charge in [0.15, 0.2) is 0 Å². The van der Waals surface area contributed by atoms with E-state index in [2.05, 4.69) is 9.88 Å². The molecular weight excluding hydrogens is 324 g/mol. The van der Waals surface area contributed by atoms with Crippen molar-refractivity contribution in [1.82, 2.24) is 9.88 Å². The monoisotopic (exact) mass is 346 g/mol. The number of hydrogen-bond acceptors (Lipinski definition) is 6. The largest absolute Gasteiger partial charge is 0.496 e. The highest BCUT2D eigenvalue weighted by molar-refractivity contribution is 7.11. The minimum absolute atomic E-state index is 0.574. The van der Waals surface area contributed by atoms with E-state index in [4.69, 9.17) is 9.47 Å². The fourth-order valence-electron chi connectivity index (χ4n) is 3.40. The van der Waals surface area contributed by atoms with Crippen LogP contribution in [0, 0.1) is 0 Å². The van der Waals surface area contributed by atoms with Gasteiger partial charge in [-0.25, -0.2) is 4.98 Å². The molecular formula is C18H22N2O3S. The fraction of sp³-hybridized carbons (Fsp3) is 0.500. The van der Waals surface area contributed by atoms with Gasteiger partial charge in [-0.1, -0.05) is 0 Å². The number of aromatic nitrogens is 1. The Morgan fingerprint density at radius 2 is 2.00 bits per heavy atom. The van der Waals surface area contributed by atoms with Crippen LogP contribution in [0.2, 0.25) is 0 Å². The molecule has 1 aliphatic carbocycles. The van der Waals surface area contributed by atoms with Gasteiger partial charge in [-0.15, -0.1) is 11.3 Å². The number of thiazole rings is 1. The maximum Gasteiger partial charge on any atom is 0.125 e. The van der Waals surface area contributed by atoms with Crippen molar-refractivity contribution in [3.05, 3.63) is 39.3 Å². The first kappa shape index (κ1) is 15.9. The van der Waals surface area contributed by atoms with Crippen molar-refractivity contribution < 1.29 is 14.6 Å². The number of hydrogen-bond donors (Lipinski definition) is 1. The standard InChI is InChI=1S/C18H22N2O3S/c1-22-15-5-6-16(23-2)17-13(15)9-20(10-14(17)21)8-12-7-19-18(24-12)11-3-4-11/h5-7,11,14,21H,3-4,8-10H2,1-2H3. The summed E-state index contributed by atoms with van der Waals surface area (Å²) in [5.74, 6) is 2.23. The van der Waals surface area contributed by atoms with Crippen molar-refractivity contribution in [2.75, 3.05) is 20.8 Å². The van der Waals surface area contributed by atoms with Gasteiger partial charge in [0, 0.05) is 47.8 Å². The summed E-state index contributed by atoms with van der Waals surface area (Å²) in [6.07, 6.45) is 3.97. The summed E-state index contributed by atoms with van der Waals surface area (Å²) in [5, 5.41) is 11.9. The van der Waals surface area contributed by atoms with E-state index in [9.17, 15) is 5.11 Å². The van der Waals surface area contributed by atoms with E-state index in [0.717, 1.165) is 35.7 Å². The van der Waals surface area contributed by atoms with E-state index in [0.29, 0.717) is 12.5 Å². The van der Waals surface area contributed by atoms with Gasteiger partial charge in [0.05, 0.1) is 25.3 Å². The van der Waals surface area contributed by atoms with Crippen LogP contribution in [0.4, 0.5) is 0 Å². The Balaban J connectivity index is 1.57. The average molecular weight is 346 g/mol. The minimum atomic E-state index is -0.574. The zero-order valence-electron chi connectivity index (χ0n) is 14.0. The molecule has 1 aliphatic heterocycles. The van der Waals surface area contributed by atoms with Crippen molar-refractivity contribution >= 4 is 11.3 Å². The van der Waals surface area contributed by atoms with E-state index in [1.165, 1.54) is 22.7 Å². The average Bonchev–Trinajstić information content (AvgIpc) is 3.34. The van der Waals surface area contributed by atoms with Crippen molar-refractivity contribution in [3.8, 4) is 11.5 Å². The molecule has 2 heterocycles. The summed E-state index contributed by atoms with van der Waals surface area (Å²) in [6, 6.07) is 3.77. The first-order valence-corrected chi connectivity index (χ1v) is 9.10. The second-order valence-corrected chi connectivity index (χ2v) is 7.63. The predicted octanol–water partition coefficient (Wildman–Crippen LogP) is 3.09.